The van der Waals surface area contributed by atoms with E-state index >= 15 is 0 Å². The van der Waals surface area contributed by atoms with E-state index in [-0.39, 0.29) is 6.10 Å². The molecular formula is C13H24N4O. The van der Waals surface area contributed by atoms with Crippen molar-refractivity contribution in [2.24, 2.45) is 7.05 Å². The quantitative estimate of drug-likeness (QED) is 0.671. The molecule has 0 saturated carbocycles. The maximum absolute atomic E-state index is 9.89. The van der Waals surface area contributed by atoms with Crippen molar-refractivity contribution in [3.63, 3.8) is 0 Å². The molecule has 0 radical (unpaired) electrons. The minimum Gasteiger partial charge on any atom is -0.390 e. The third-order valence-corrected chi connectivity index (χ3v) is 3.37. The van der Waals surface area contributed by atoms with E-state index in [2.05, 4.69) is 15.3 Å². The highest BCUT2D eigenvalue weighted by Gasteiger charge is 2.15. The van der Waals surface area contributed by atoms with Gasteiger partial charge in [-0.1, -0.05) is 0 Å². The van der Waals surface area contributed by atoms with Crippen LogP contribution in [0.4, 0.5) is 0 Å². The summed E-state index contributed by atoms with van der Waals surface area (Å²) in [7, 11) is 1.93. The summed E-state index contributed by atoms with van der Waals surface area (Å²) in [5.74, 6) is 0. The van der Waals surface area contributed by atoms with E-state index in [9.17, 15) is 5.11 Å². The Morgan fingerprint density at radius 1 is 1.44 bits per heavy atom. The van der Waals surface area contributed by atoms with Crippen molar-refractivity contribution in [1.82, 2.24) is 20.0 Å². The minimum absolute atomic E-state index is 0.258. The van der Waals surface area contributed by atoms with E-state index in [0.29, 0.717) is 6.54 Å². The van der Waals surface area contributed by atoms with Gasteiger partial charge >= 0.3 is 0 Å². The second-order valence-corrected chi connectivity index (χ2v) is 5.10. The van der Waals surface area contributed by atoms with Crippen LogP contribution in [-0.2, 0) is 13.5 Å². The molecule has 2 N–H and O–H groups in total. The lowest BCUT2D eigenvalue weighted by atomic mass is 10.3. The Balaban J connectivity index is 1.54. The number of hydrogen-bond donors (Lipinski definition) is 2. The van der Waals surface area contributed by atoms with E-state index in [1.54, 1.807) is 0 Å². The summed E-state index contributed by atoms with van der Waals surface area (Å²) in [4.78, 5) is 2.34. The van der Waals surface area contributed by atoms with E-state index in [1.807, 2.05) is 24.0 Å². The summed E-state index contributed by atoms with van der Waals surface area (Å²) in [6.07, 6.45) is 5.17. The Morgan fingerprint density at radius 2 is 2.22 bits per heavy atom. The molecule has 1 unspecified atom stereocenters. The van der Waals surface area contributed by atoms with Gasteiger partial charge in [-0.2, -0.15) is 5.10 Å². The fraction of sp³-hybridized carbons (Fsp3) is 0.769. The van der Waals surface area contributed by atoms with Gasteiger partial charge < -0.3 is 15.3 Å². The van der Waals surface area contributed by atoms with E-state index in [1.165, 1.54) is 12.8 Å². The Kier molecular flexibility index (Phi) is 5.16. The molecule has 2 rings (SSSR count). The second-order valence-electron chi connectivity index (χ2n) is 5.10. The van der Waals surface area contributed by atoms with Gasteiger partial charge in [0.15, 0.2) is 0 Å². The number of aliphatic hydroxyl groups is 1. The van der Waals surface area contributed by atoms with Crippen molar-refractivity contribution in [1.29, 1.82) is 0 Å². The molecule has 102 valence electrons. The molecule has 5 nitrogen and oxygen atoms in total. The van der Waals surface area contributed by atoms with E-state index in [4.69, 9.17) is 0 Å². The summed E-state index contributed by atoms with van der Waals surface area (Å²) in [5.41, 5.74) is 1.10. The van der Waals surface area contributed by atoms with Gasteiger partial charge in [0, 0.05) is 39.3 Å². The van der Waals surface area contributed by atoms with Gasteiger partial charge in [-0.25, -0.2) is 0 Å². The third kappa shape index (κ3) is 4.40. The second kappa shape index (κ2) is 6.87. The molecule has 1 aliphatic rings. The highest BCUT2D eigenvalue weighted by atomic mass is 16.3. The predicted molar refractivity (Wildman–Crippen MR) is 71.5 cm³/mol. The molecule has 1 atom stereocenters. The number of aromatic nitrogens is 2. The van der Waals surface area contributed by atoms with Crippen LogP contribution in [0.3, 0.4) is 0 Å². The zero-order valence-corrected chi connectivity index (χ0v) is 11.2. The highest BCUT2D eigenvalue weighted by molar-refractivity contribution is 4.98. The van der Waals surface area contributed by atoms with Crippen LogP contribution in [0.2, 0.25) is 0 Å². The SMILES string of the molecule is Cn1ccc(CCNCC(O)CN2CCCC2)n1. The van der Waals surface area contributed by atoms with Crippen LogP contribution in [0.15, 0.2) is 12.3 Å². The Morgan fingerprint density at radius 3 is 2.89 bits per heavy atom. The third-order valence-electron chi connectivity index (χ3n) is 3.37. The maximum Gasteiger partial charge on any atom is 0.0791 e. The smallest absolute Gasteiger partial charge is 0.0791 e. The molecule has 2 heterocycles. The van der Waals surface area contributed by atoms with Crippen molar-refractivity contribution in [2.45, 2.75) is 25.4 Å². The average molecular weight is 252 g/mol. The Labute approximate surface area is 109 Å². The minimum atomic E-state index is -0.258. The standard InChI is InChI=1S/C13H24N4O/c1-16-9-5-12(15-16)4-6-14-10-13(18)11-17-7-2-3-8-17/h5,9,13-14,18H,2-4,6-8,10-11H2,1H3. The number of β-amino-alcohol motifs (C(OH)–C–C–N with tert-alkyl or cyclic N) is 1. The number of hydrogen-bond acceptors (Lipinski definition) is 4. The lowest BCUT2D eigenvalue weighted by Gasteiger charge is -2.19. The highest BCUT2D eigenvalue weighted by Crippen LogP contribution is 2.07. The van der Waals surface area contributed by atoms with Crippen LogP contribution in [0, 0.1) is 0 Å². The van der Waals surface area contributed by atoms with Crippen molar-refractivity contribution >= 4 is 0 Å². The molecule has 0 spiro atoms. The van der Waals surface area contributed by atoms with Gasteiger partial charge in [0.2, 0.25) is 0 Å². The van der Waals surface area contributed by atoms with Gasteiger partial charge in [-0.05, 0) is 32.0 Å². The molecule has 1 aromatic heterocycles. The first-order valence-electron chi connectivity index (χ1n) is 6.84. The number of aliphatic hydroxyl groups excluding tert-OH is 1. The molecule has 1 saturated heterocycles. The largest absolute Gasteiger partial charge is 0.390 e. The number of nitrogens with one attached hydrogen (secondary N) is 1. The van der Waals surface area contributed by atoms with Gasteiger partial charge in [-0.15, -0.1) is 0 Å². The lowest BCUT2D eigenvalue weighted by Crippen LogP contribution is -2.37. The first-order chi connectivity index (χ1) is 8.74. The molecular weight excluding hydrogens is 228 g/mol. The molecule has 0 bridgehead atoms. The lowest BCUT2D eigenvalue weighted by molar-refractivity contribution is 0.124. The van der Waals surface area contributed by atoms with Gasteiger partial charge in [-0.3, -0.25) is 4.68 Å². The van der Waals surface area contributed by atoms with E-state index in [0.717, 1.165) is 38.3 Å². The molecule has 1 aromatic rings. The van der Waals surface area contributed by atoms with Crippen molar-refractivity contribution in [3.05, 3.63) is 18.0 Å². The number of aryl methyl sites for hydroxylation is 1. The molecule has 0 amide bonds. The van der Waals surface area contributed by atoms with Crippen LogP contribution in [-0.4, -0.2) is 58.6 Å². The normalized spacial score (nSPS) is 18.3. The van der Waals surface area contributed by atoms with Crippen LogP contribution in [0.1, 0.15) is 18.5 Å². The molecule has 5 heteroatoms. The van der Waals surface area contributed by atoms with Crippen molar-refractivity contribution < 1.29 is 5.11 Å². The first-order valence-corrected chi connectivity index (χ1v) is 6.84. The summed E-state index contributed by atoms with van der Waals surface area (Å²) in [6.45, 7) is 4.63. The molecule has 1 aliphatic heterocycles. The van der Waals surface area contributed by atoms with Crippen LogP contribution in [0.25, 0.3) is 0 Å². The van der Waals surface area contributed by atoms with Crippen LogP contribution < -0.4 is 5.32 Å². The fourth-order valence-corrected chi connectivity index (χ4v) is 2.41. The summed E-state index contributed by atoms with van der Waals surface area (Å²) >= 11 is 0. The zero-order valence-electron chi connectivity index (χ0n) is 11.2. The van der Waals surface area contributed by atoms with Crippen molar-refractivity contribution in [2.75, 3.05) is 32.7 Å². The van der Waals surface area contributed by atoms with Crippen LogP contribution in [0.5, 0.6) is 0 Å². The maximum atomic E-state index is 9.89. The Bertz CT molecular complexity index is 347. The molecule has 18 heavy (non-hydrogen) atoms. The van der Waals surface area contributed by atoms with Gasteiger partial charge in [0.05, 0.1) is 11.8 Å². The predicted octanol–water partition coefficient (Wildman–Crippen LogP) is 0.00890. The summed E-state index contributed by atoms with van der Waals surface area (Å²) in [6, 6.07) is 2.03. The fourth-order valence-electron chi connectivity index (χ4n) is 2.41. The molecule has 0 aromatic carbocycles. The van der Waals surface area contributed by atoms with Crippen LogP contribution >= 0.6 is 0 Å². The zero-order chi connectivity index (χ0) is 12.8. The Hall–Kier alpha value is -0.910. The number of nitrogens with zero attached hydrogens (tertiary/aromatic N) is 3. The average Bonchev–Trinajstić information content (AvgIpc) is 2.96. The van der Waals surface area contributed by atoms with Gasteiger partial charge in [0.1, 0.15) is 0 Å². The van der Waals surface area contributed by atoms with Gasteiger partial charge in [0.25, 0.3) is 0 Å². The topological polar surface area (TPSA) is 53.3 Å². The number of likely N-dealkylation sites (tertiary alicyclic amines) is 1. The first kappa shape index (κ1) is 13.5. The van der Waals surface area contributed by atoms with E-state index < -0.39 is 0 Å². The molecule has 0 aliphatic carbocycles. The molecule has 1 fully saturated rings. The monoisotopic (exact) mass is 252 g/mol. The van der Waals surface area contributed by atoms with Crippen molar-refractivity contribution in [3.8, 4) is 0 Å². The summed E-state index contributed by atoms with van der Waals surface area (Å²) < 4.78 is 1.82. The summed E-state index contributed by atoms with van der Waals surface area (Å²) in [5, 5.41) is 17.5. The number of rotatable bonds is 7.